The molecule has 2 rings (SSSR count). The van der Waals surface area contributed by atoms with Crippen molar-refractivity contribution >= 4 is 130 Å². The monoisotopic (exact) mass is 1830 g/mol. The van der Waals surface area contributed by atoms with Crippen molar-refractivity contribution in [3.8, 4) is 0 Å². The minimum Gasteiger partial charge on any atom is -0.481 e. The lowest BCUT2D eigenvalue weighted by Crippen LogP contribution is -2.65. The molecule has 1 aromatic rings. The van der Waals surface area contributed by atoms with Crippen molar-refractivity contribution in [3.63, 3.8) is 0 Å². The first-order chi connectivity index (χ1) is 59.9. The van der Waals surface area contributed by atoms with E-state index in [2.05, 4.69) is 84.4 Å². The lowest BCUT2D eigenvalue weighted by molar-refractivity contribution is -0.271. The number of carboxylic acid groups (broad SMARTS) is 5. The summed E-state index contributed by atoms with van der Waals surface area (Å²) in [6.45, 7) is 8.53. The Bertz CT molecular complexity index is 4020. The summed E-state index contributed by atoms with van der Waals surface area (Å²) >= 11 is 0. The van der Waals surface area contributed by atoms with Gasteiger partial charge in [0.15, 0.2) is 12.2 Å². The van der Waals surface area contributed by atoms with E-state index in [0.29, 0.717) is 5.69 Å². The van der Waals surface area contributed by atoms with Gasteiger partial charge in [0.1, 0.15) is 90.8 Å². The van der Waals surface area contributed by atoms with Crippen LogP contribution in [0.15, 0.2) is 12.5 Å². The molecular weight excluding hydrogens is 1700 g/mol. The fourth-order valence-electron chi connectivity index (χ4n) is 12.3. The third-order valence-corrected chi connectivity index (χ3v) is 19.2. The number of aliphatic hydroxyl groups excluding tert-OH is 3. The zero-order valence-corrected chi connectivity index (χ0v) is 72.1. The first-order valence-corrected chi connectivity index (χ1v) is 40.7. The molecule has 0 aromatic carbocycles. The quantitative estimate of drug-likeness (QED) is 0.0164. The van der Waals surface area contributed by atoms with Crippen molar-refractivity contribution < 1.29 is 151 Å². The van der Waals surface area contributed by atoms with Crippen molar-refractivity contribution in [3.05, 3.63) is 18.2 Å². The van der Waals surface area contributed by atoms with Gasteiger partial charge in [-0.2, -0.15) is 0 Å². The Labute approximate surface area is 733 Å². The topological polar surface area (TPSA) is 862 Å². The van der Waals surface area contributed by atoms with Crippen LogP contribution in [0.4, 0.5) is 0 Å². The number of carbonyl (C=O) groups is 21. The van der Waals surface area contributed by atoms with E-state index in [9.17, 15) is 142 Å². The Hall–Kier alpha value is -12.9. The molecule has 1 saturated heterocycles. The maximum atomic E-state index is 14.6. The Balaban J connectivity index is 2.36. The SMILES string of the molecule is CC[C@H](C)[C@H](NC(=O)[C@H](CCC(=O)O)NC(=O)[C@H](CCC(=O)O)NC(=O)CNC(=O)[C@H](CC(=O)O)NC(=O)CNC(=O)CNC(=O)[C@@H](NC(=O)[C@H](CC(N)=O)NC(=O)[C@H](COC1O[C@H](CO)[C@H](O)[C@H](O)[C@H]1NC(C)=O)NC(=O)[C@H](CC(C)C)NC(=O)[C@H](CC(C)C)NC(=O)[C@@H](N)Cc1c[nH]cn1)C(C)C)C(=O)N[C@@H](CCC(=O)O)C(=O)N[C@@H](CCCNC(=N)N)C(=O)O. The number of hydrogen-bond acceptors (Lipinski definition) is 29. The van der Waals surface area contributed by atoms with Crippen molar-refractivity contribution in [2.45, 2.75) is 255 Å². The van der Waals surface area contributed by atoms with Crippen LogP contribution in [-0.4, -0.2) is 324 Å². The van der Waals surface area contributed by atoms with Gasteiger partial charge in [0, 0.05) is 45.3 Å². The molecule has 1 aliphatic heterocycles. The lowest BCUT2D eigenvalue weighted by Gasteiger charge is -2.42. The summed E-state index contributed by atoms with van der Waals surface area (Å²) in [4.78, 5) is 285. The number of nitrogens with two attached hydrogens (primary N) is 3. The van der Waals surface area contributed by atoms with Crippen LogP contribution >= 0.6 is 0 Å². The van der Waals surface area contributed by atoms with Gasteiger partial charge in [-0.3, -0.25) is 101 Å². The highest BCUT2D eigenvalue weighted by Crippen LogP contribution is 2.23. The number of aromatic amines is 1. The molecule has 2 heterocycles. The Kier molecular flexibility index (Phi) is 48.9. The molecule has 718 valence electrons. The molecule has 53 nitrogen and oxygen atoms in total. The number of nitrogens with one attached hydrogen (secondary N) is 18. The average molecular weight is 1830 g/mol. The molecule has 18 atom stereocenters. The maximum absolute atomic E-state index is 14.6. The normalized spacial score (nSPS) is 17.7. The highest BCUT2D eigenvalue weighted by atomic mass is 16.7. The van der Waals surface area contributed by atoms with E-state index in [4.69, 9.17) is 32.1 Å². The number of H-pyrrole nitrogens is 1. The number of primary amides is 1. The Morgan fingerprint density at radius 2 is 0.938 bits per heavy atom. The number of ether oxygens (including phenoxy) is 2. The zero-order valence-electron chi connectivity index (χ0n) is 72.1. The number of aromatic nitrogens is 2. The summed E-state index contributed by atoms with van der Waals surface area (Å²) in [5.74, 6) is -29.1. The largest absolute Gasteiger partial charge is 0.481 e. The third kappa shape index (κ3) is 41.9. The minimum absolute atomic E-state index is 0.0197. The fourth-order valence-corrected chi connectivity index (χ4v) is 12.3. The van der Waals surface area contributed by atoms with Gasteiger partial charge in [0.05, 0.1) is 63.8 Å². The van der Waals surface area contributed by atoms with Gasteiger partial charge in [0.2, 0.25) is 94.5 Å². The number of rotatable bonds is 60. The standard InChI is InChI=1S/C75H122N22O31/c1-10-35(8)58(72(124)90-40(14-17-54(106)107)65(117)91-42(73(125)126)12-11-19-81-75(78)79)97-66(118)41(15-18-55(108)109)89-64(116)39(13-16-53(104)105)87-52(103)28-83-63(115)46(24-56(110)111)88-51(102)27-82-50(101)26-84-71(123)57(34(6)7)96-69(121)45(23-49(77)100)94-70(122)47(30-127-74-59(86-36(9)99)61(113)60(112)48(29-98)128-74)95-68(120)44(21-33(4)5)93-67(119)43(20-32(2)3)92-62(114)38(76)22-37-25-80-31-85-37/h25,31-35,38-48,57-61,74,98,112-113H,10-24,26-30,76H2,1-9H3,(H2,77,100)(H,80,85)(H,82,101)(H,83,115)(H,84,123)(H,86,99)(H,87,103)(H,88,102)(H,89,116)(H,90,124)(H,91,117)(H,92,114)(H,93,119)(H,94,122)(H,95,120)(H,96,121)(H,97,118)(H,104,105)(H,106,107)(H,108,109)(H,110,111)(H,125,126)(H4,78,79,81)/t35-,38-,39-,40-,41-,42-,43-,44-,45-,46-,47-,48+,57-,58-,59+,60-,61+,74?/m0/s1. The van der Waals surface area contributed by atoms with E-state index in [1.165, 1.54) is 33.3 Å². The number of aliphatic hydroxyl groups is 3. The molecule has 1 unspecified atom stereocenters. The molecule has 0 aliphatic carbocycles. The van der Waals surface area contributed by atoms with E-state index < -0.39 is 330 Å². The molecule has 1 aliphatic rings. The molecule has 0 radical (unpaired) electrons. The fraction of sp³-hybridized carbons (Fsp3) is 0.667. The van der Waals surface area contributed by atoms with Gasteiger partial charge in [-0.1, -0.05) is 61.8 Å². The van der Waals surface area contributed by atoms with Crippen LogP contribution in [-0.2, 0) is 117 Å². The van der Waals surface area contributed by atoms with Crippen LogP contribution < -0.4 is 102 Å². The third-order valence-electron chi connectivity index (χ3n) is 19.2. The highest BCUT2D eigenvalue weighted by molar-refractivity contribution is 6.01. The number of guanidine groups is 1. The summed E-state index contributed by atoms with van der Waals surface area (Å²) in [5, 5.41) is 123. The number of hydrogen-bond donors (Lipinski definition) is 29. The summed E-state index contributed by atoms with van der Waals surface area (Å²) in [6.07, 6.45) is -11.2. The molecule has 1 fully saturated rings. The summed E-state index contributed by atoms with van der Waals surface area (Å²) in [7, 11) is 0. The molecule has 0 spiro atoms. The summed E-state index contributed by atoms with van der Waals surface area (Å²) in [6, 6.07) is -22.3. The smallest absolute Gasteiger partial charge is 0.326 e. The van der Waals surface area contributed by atoms with E-state index in [1.807, 2.05) is 10.6 Å². The van der Waals surface area contributed by atoms with E-state index >= 15 is 0 Å². The minimum atomic E-state index is -2.05. The number of nitrogens with zero attached hydrogens (tertiary/aromatic N) is 1. The van der Waals surface area contributed by atoms with Crippen LogP contribution in [0.5, 0.6) is 0 Å². The molecule has 32 N–H and O–H groups in total. The summed E-state index contributed by atoms with van der Waals surface area (Å²) < 4.78 is 11.5. The molecule has 53 heteroatoms. The van der Waals surface area contributed by atoms with E-state index in [-0.39, 0.29) is 56.9 Å². The molecule has 128 heavy (non-hydrogen) atoms. The Morgan fingerprint density at radius 1 is 0.500 bits per heavy atom. The Morgan fingerprint density at radius 3 is 1.41 bits per heavy atom. The highest BCUT2D eigenvalue weighted by Gasteiger charge is 2.47. The van der Waals surface area contributed by atoms with Crippen LogP contribution in [0.1, 0.15) is 151 Å². The number of carbonyl (C=O) groups excluding carboxylic acids is 16. The molecule has 0 bridgehead atoms. The number of aliphatic carboxylic acids is 5. The van der Waals surface area contributed by atoms with E-state index in [0.717, 1.165) is 6.92 Å². The molecule has 0 saturated carbocycles. The van der Waals surface area contributed by atoms with Gasteiger partial charge < -0.3 is 158 Å². The van der Waals surface area contributed by atoms with E-state index in [1.54, 1.807) is 34.6 Å². The predicted molar refractivity (Wildman–Crippen MR) is 439 cm³/mol. The van der Waals surface area contributed by atoms with Crippen molar-refractivity contribution in [2.24, 2.45) is 40.9 Å². The summed E-state index contributed by atoms with van der Waals surface area (Å²) in [5.41, 5.74) is 17.4. The van der Waals surface area contributed by atoms with Crippen molar-refractivity contribution in [2.75, 3.05) is 39.4 Å². The lowest BCUT2D eigenvalue weighted by atomic mass is 9.96. The number of imidazole rings is 1. The maximum Gasteiger partial charge on any atom is 0.326 e. The van der Waals surface area contributed by atoms with Crippen molar-refractivity contribution in [1.82, 2.24) is 95.0 Å². The van der Waals surface area contributed by atoms with Gasteiger partial charge in [-0.15, -0.1) is 0 Å². The molecular formula is C75H122N22O31. The average Bonchev–Trinajstić information content (AvgIpc) is 0.815. The van der Waals surface area contributed by atoms with Crippen LogP contribution in [0, 0.1) is 29.1 Å². The van der Waals surface area contributed by atoms with Crippen molar-refractivity contribution in [1.29, 1.82) is 5.41 Å². The predicted octanol–water partition coefficient (Wildman–Crippen LogP) is -11.0. The second-order valence-corrected chi connectivity index (χ2v) is 31.3. The van der Waals surface area contributed by atoms with Crippen LogP contribution in [0.3, 0.4) is 0 Å². The zero-order chi connectivity index (χ0) is 97.1. The van der Waals surface area contributed by atoms with Gasteiger partial charge in [-0.05, 0) is 68.6 Å². The first kappa shape index (κ1) is 111. The van der Waals surface area contributed by atoms with Crippen LogP contribution in [0.25, 0.3) is 0 Å². The van der Waals surface area contributed by atoms with Gasteiger partial charge in [-0.25, -0.2) is 9.78 Å². The molecule has 16 amide bonds. The number of amides is 16. The second kappa shape index (κ2) is 56.2. The number of carboxylic acids is 5. The first-order valence-electron chi connectivity index (χ1n) is 40.7. The van der Waals surface area contributed by atoms with Gasteiger partial charge in [0.25, 0.3) is 0 Å². The van der Waals surface area contributed by atoms with Gasteiger partial charge >= 0.3 is 29.8 Å². The van der Waals surface area contributed by atoms with Crippen LogP contribution in [0.2, 0.25) is 0 Å². The second-order valence-electron chi connectivity index (χ2n) is 31.3. The molecule has 1 aromatic heterocycles.